The van der Waals surface area contributed by atoms with Crippen LogP contribution in [0.25, 0.3) is 0 Å². The van der Waals surface area contributed by atoms with Crippen LogP contribution in [0.5, 0.6) is 5.75 Å². The van der Waals surface area contributed by atoms with Gasteiger partial charge in [-0.1, -0.05) is 23.4 Å². The van der Waals surface area contributed by atoms with E-state index in [1.807, 2.05) is 32.0 Å². The van der Waals surface area contributed by atoms with Crippen molar-refractivity contribution in [2.45, 2.75) is 38.7 Å². The second-order valence-corrected chi connectivity index (χ2v) is 8.61. The standard InChI is InChI=1S/C21H23N3O5S/c1-13-6-5-7-14(2)20(13)28-16(4)21(25)22-17-8-10-18(11-9-17)30(26,27)24-19-12-15(3)29-23-19/h5-12,16H,1-4H3,(H,22,25)(H,23,24). The first-order valence-corrected chi connectivity index (χ1v) is 10.7. The molecule has 0 saturated heterocycles. The molecule has 1 unspecified atom stereocenters. The van der Waals surface area contributed by atoms with Gasteiger partial charge in [0.05, 0.1) is 4.90 Å². The lowest BCUT2D eigenvalue weighted by Crippen LogP contribution is -2.30. The highest BCUT2D eigenvalue weighted by atomic mass is 32.2. The molecule has 0 aliphatic heterocycles. The molecule has 3 aromatic rings. The summed E-state index contributed by atoms with van der Waals surface area (Å²) >= 11 is 0. The van der Waals surface area contributed by atoms with E-state index < -0.39 is 16.1 Å². The van der Waals surface area contributed by atoms with E-state index >= 15 is 0 Å². The van der Waals surface area contributed by atoms with Crippen molar-refractivity contribution in [3.63, 3.8) is 0 Å². The van der Waals surface area contributed by atoms with Gasteiger partial charge in [-0.05, 0) is 63.1 Å². The van der Waals surface area contributed by atoms with Gasteiger partial charge in [0, 0.05) is 11.8 Å². The maximum Gasteiger partial charge on any atom is 0.265 e. The van der Waals surface area contributed by atoms with Crippen molar-refractivity contribution in [1.82, 2.24) is 5.16 Å². The number of amides is 1. The zero-order valence-corrected chi connectivity index (χ0v) is 17.9. The molecule has 0 aliphatic rings. The summed E-state index contributed by atoms with van der Waals surface area (Å²) in [6, 6.07) is 13.0. The van der Waals surface area contributed by atoms with Gasteiger partial charge in [0.25, 0.3) is 15.9 Å². The van der Waals surface area contributed by atoms with Crippen LogP contribution in [0.15, 0.2) is 57.9 Å². The lowest BCUT2D eigenvalue weighted by molar-refractivity contribution is -0.122. The number of aryl methyl sites for hydroxylation is 3. The minimum absolute atomic E-state index is 0.0287. The summed E-state index contributed by atoms with van der Waals surface area (Å²) in [5.41, 5.74) is 2.34. The van der Waals surface area contributed by atoms with E-state index in [0.29, 0.717) is 17.2 Å². The lowest BCUT2D eigenvalue weighted by Gasteiger charge is -2.18. The van der Waals surface area contributed by atoms with Crippen LogP contribution in [0, 0.1) is 20.8 Å². The normalized spacial score (nSPS) is 12.3. The van der Waals surface area contributed by atoms with Crippen molar-refractivity contribution in [2.24, 2.45) is 0 Å². The van der Waals surface area contributed by atoms with E-state index in [4.69, 9.17) is 9.26 Å². The Hall–Kier alpha value is -3.33. The summed E-state index contributed by atoms with van der Waals surface area (Å²) in [4.78, 5) is 12.5. The Balaban J connectivity index is 1.65. The lowest BCUT2D eigenvalue weighted by atomic mass is 10.1. The summed E-state index contributed by atoms with van der Waals surface area (Å²) in [6.07, 6.45) is -0.731. The van der Waals surface area contributed by atoms with Crippen molar-refractivity contribution < 1.29 is 22.5 Å². The molecular formula is C21H23N3O5S. The molecule has 1 atom stereocenters. The minimum atomic E-state index is -3.82. The number of aromatic nitrogens is 1. The van der Waals surface area contributed by atoms with E-state index in [1.54, 1.807) is 13.8 Å². The van der Waals surface area contributed by atoms with Gasteiger partial charge in [0.2, 0.25) is 0 Å². The van der Waals surface area contributed by atoms with Gasteiger partial charge in [-0.2, -0.15) is 0 Å². The fourth-order valence-electron chi connectivity index (χ4n) is 2.79. The van der Waals surface area contributed by atoms with E-state index in [-0.39, 0.29) is 16.6 Å². The Bertz CT molecular complexity index is 1130. The van der Waals surface area contributed by atoms with Gasteiger partial charge >= 0.3 is 0 Å². The van der Waals surface area contributed by atoms with Gasteiger partial charge in [-0.3, -0.25) is 9.52 Å². The van der Waals surface area contributed by atoms with Crippen LogP contribution < -0.4 is 14.8 Å². The summed E-state index contributed by atoms with van der Waals surface area (Å²) in [6.45, 7) is 7.15. The number of hydrogen-bond acceptors (Lipinski definition) is 6. The number of nitrogens with one attached hydrogen (secondary N) is 2. The van der Waals surface area contributed by atoms with Crippen molar-refractivity contribution in [2.75, 3.05) is 10.0 Å². The molecule has 158 valence electrons. The second-order valence-electron chi connectivity index (χ2n) is 6.92. The number of ether oxygens (including phenoxy) is 1. The number of rotatable bonds is 7. The SMILES string of the molecule is Cc1cc(NS(=O)(=O)c2ccc(NC(=O)C(C)Oc3c(C)cccc3C)cc2)no1. The predicted molar refractivity (Wildman–Crippen MR) is 113 cm³/mol. The van der Waals surface area contributed by atoms with Crippen LogP contribution in [0.1, 0.15) is 23.8 Å². The smallest absolute Gasteiger partial charge is 0.265 e. The number of hydrogen-bond donors (Lipinski definition) is 2. The summed E-state index contributed by atoms with van der Waals surface area (Å²) in [5.74, 6) is 0.922. The number of carbonyl (C=O) groups excluding carboxylic acids is 1. The Morgan fingerprint density at radius 3 is 2.27 bits per heavy atom. The molecule has 0 bridgehead atoms. The maximum absolute atomic E-state index is 12.5. The molecule has 0 fully saturated rings. The zero-order valence-electron chi connectivity index (χ0n) is 17.1. The van der Waals surface area contributed by atoms with Gasteiger partial charge in [0.1, 0.15) is 11.5 Å². The molecular weight excluding hydrogens is 406 g/mol. The van der Waals surface area contributed by atoms with Crippen LogP contribution in [-0.4, -0.2) is 25.6 Å². The van der Waals surface area contributed by atoms with Crippen molar-refractivity contribution >= 4 is 27.4 Å². The molecule has 0 aliphatic carbocycles. The number of anilines is 2. The first-order valence-electron chi connectivity index (χ1n) is 9.25. The van der Waals surface area contributed by atoms with Gasteiger partial charge in [0.15, 0.2) is 11.9 Å². The van der Waals surface area contributed by atoms with Crippen LogP contribution in [-0.2, 0) is 14.8 Å². The highest BCUT2D eigenvalue weighted by Crippen LogP contribution is 2.24. The van der Waals surface area contributed by atoms with E-state index in [9.17, 15) is 13.2 Å². The molecule has 30 heavy (non-hydrogen) atoms. The molecule has 1 heterocycles. The molecule has 0 radical (unpaired) electrons. The average molecular weight is 429 g/mol. The molecule has 0 spiro atoms. The van der Waals surface area contributed by atoms with E-state index in [2.05, 4.69) is 15.2 Å². The number of carbonyl (C=O) groups is 1. The fourth-order valence-corrected chi connectivity index (χ4v) is 3.77. The monoisotopic (exact) mass is 429 g/mol. The van der Waals surface area contributed by atoms with Crippen molar-refractivity contribution in [3.8, 4) is 5.75 Å². The summed E-state index contributed by atoms with van der Waals surface area (Å²) < 4.78 is 37.8. The fraction of sp³-hybridized carbons (Fsp3) is 0.238. The Labute approximate surface area is 175 Å². The first kappa shape index (κ1) is 21.4. The van der Waals surface area contributed by atoms with Crippen molar-refractivity contribution in [3.05, 3.63) is 65.4 Å². The van der Waals surface area contributed by atoms with Crippen molar-refractivity contribution in [1.29, 1.82) is 0 Å². The van der Waals surface area contributed by atoms with Crippen LogP contribution in [0.2, 0.25) is 0 Å². The Morgan fingerprint density at radius 2 is 1.70 bits per heavy atom. The Kier molecular flexibility index (Phi) is 6.12. The third-order valence-electron chi connectivity index (χ3n) is 4.37. The minimum Gasteiger partial charge on any atom is -0.480 e. The van der Waals surface area contributed by atoms with E-state index in [0.717, 1.165) is 11.1 Å². The topological polar surface area (TPSA) is 111 Å². The Morgan fingerprint density at radius 1 is 1.07 bits per heavy atom. The third kappa shape index (κ3) is 4.98. The number of nitrogens with zero attached hydrogens (tertiary/aromatic N) is 1. The predicted octanol–water partition coefficient (Wildman–Crippen LogP) is 3.81. The first-order chi connectivity index (χ1) is 14.2. The number of para-hydroxylation sites is 1. The number of benzene rings is 2. The molecule has 0 saturated carbocycles. The van der Waals surface area contributed by atoms with E-state index in [1.165, 1.54) is 30.3 Å². The molecule has 1 amide bonds. The highest BCUT2D eigenvalue weighted by Gasteiger charge is 2.19. The van der Waals surface area contributed by atoms with Gasteiger partial charge in [-0.25, -0.2) is 8.42 Å². The van der Waals surface area contributed by atoms with Crippen LogP contribution in [0.4, 0.5) is 11.5 Å². The quantitative estimate of drug-likeness (QED) is 0.591. The van der Waals surface area contributed by atoms with Crippen LogP contribution in [0.3, 0.4) is 0 Å². The summed E-state index contributed by atoms with van der Waals surface area (Å²) in [7, 11) is -3.82. The molecule has 9 heteroatoms. The molecule has 1 aromatic heterocycles. The number of sulfonamides is 1. The maximum atomic E-state index is 12.5. The largest absolute Gasteiger partial charge is 0.480 e. The molecule has 8 nitrogen and oxygen atoms in total. The third-order valence-corrected chi connectivity index (χ3v) is 5.74. The van der Waals surface area contributed by atoms with Gasteiger partial charge < -0.3 is 14.6 Å². The highest BCUT2D eigenvalue weighted by molar-refractivity contribution is 7.92. The van der Waals surface area contributed by atoms with Gasteiger partial charge in [-0.15, -0.1) is 0 Å². The molecule has 2 aromatic carbocycles. The van der Waals surface area contributed by atoms with Crippen LogP contribution >= 0.6 is 0 Å². The summed E-state index contributed by atoms with van der Waals surface area (Å²) in [5, 5.41) is 6.34. The zero-order chi connectivity index (χ0) is 21.9. The molecule has 3 rings (SSSR count). The average Bonchev–Trinajstić information content (AvgIpc) is 3.09. The molecule has 2 N–H and O–H groups in total. The second kappa shape index (κ2) is 8.58.